The molecule has 4 heteroatoms. The van der Waals surface area contributed by atoms with E-state index in [1.54, 1.807) is 0 Å². The van der Waals surface area contributed by atoms with E-state index in [1.165, 1.54) is 16.3 Å². The molecule has 1 aliphatic carbocycles. The molecule has 4 nitrogen and oxygen atoms in total. The van der Waals surface area contributed by atoms with Crippen molar-refractivity contribution < 1.29 is 9.90 Å². The van der Waals surface area contributed by atoms with Crippen molar-refractivity contribution in [2.75, 3.05) is 0 Å². The van der Waals surface area contributed by atoms with Gasteiger partial charge in [0.15, 0.2) is 0 Å². The number of carboxylic acids is 1. The van der Waals surface area contributed by atoms with Crippen molar-refractivity contribution in [2.24, 2.45) is 11.7 Å². The van der Waals surface area contributed by atoms with Gasteiger partial charge < -0.3 is 16.2 Å². The molecule has 0 amide bonds. The van der Waals surface area contributed by atoms with Crippen molar-refractivity contribution in [3.05, 3.63) is 48.0 Å². The minimum Gasteiger partial charge on any atom is -0.480 e. The Morgan fingerprint density at radius 1 is 1.19 bits per heavy atom. The van der Waals surface area contributed by atoms with Gasteiger partial charge in [-0.1, -0.05) is 68.7 Å². The Labute approximate surface area is 155 Å². The molecule has 0 aliphatic heterocycles. The molecule has 0 bridgehead atoms. The van der Waals surface area contributed by atoms with Crippen LogP contribution in [0.15, 0.2) is 42.5 Å². The number of nitrogens with one attached hydrogen (secondary N) is 1. The second kappa shape index (κ2) is 8.19. The van der Waals surface area contributed by atoms with Gasteiger partial charge in [0.2, 0.25) is 0 Å². The molecule has 1 fully saturated rings. The number of unbranched alkanes of at least 4 members (excludes halogenated alkanes) is 2. The summed E-state index contributed by atoms with van der Waals surface area (Å²) in [6.07, 6.45) is 5.29. The molecule has 1 saturated carbocycles. The Kier molecular flexibility index (Phi) is 5.94. The first kappa shape index (κ1) is 18.9. The average molecular weight is 354 g/mol. The van der Waals surface area contributed by atoms with E-state index < -0.39 is 11.5 Å². The second-order valence-electron chi connectivity index (χ2n) is 7.69. The van der Waals surface area contributed by atoms with Crippen LogP contribution in [0.1, 0.15) is 51.0 Å². The Morgan fingerprint density at radius 3 is 2.65 bits per heavy atom. The molecule has 0 saturated heterocycles. The molecule has 2 aromatic carbocycles. The molecule has 1 aliphatic rings. The van der Waals surface area contributed by atoms with E-state index >= 15 is 0 Å². The fourth-order valence-corrected chi connectivity index (χ4v) is 4.06. The van der Waals surface area contributed by atoms with Crippen LogP contribution in [0.5, 0.6) is 0 Å². The van der Waals surface area contributed by atoms with E-state index in [4.69, 9.17) is 5.73 Å². The fraction of sp³-hybridized carbons (Fsp3) is 0.500. The molecule has 0 heterocycles. The van der Waals surface area contributed by atoms with Gasteiger partial charge in [-0.15, -0.1) is 0 Å². The van der Waals surface area contributed by atoms with E-state index in [2.05, 4.69) is 54.7 Å². The summed E-state index contributed by atoms with van der Waals surface area (Å²) >= 11 is 0. The summed E-state index contributed by atoms with van der Waals surface area (Å²) in [6.45, 7) is 2.93. The number of hydrogen-bond donors (Lipinski definition) is 3. The predicted molar refractivity (Wildman–Crippen MR) is 106 cm³/mol. The number of nitrogens with two attached hydrogens (primary N) is 1. The van der Waals surface area contributed by atoms with E-state index in [0.29, 0.717) is 12.5 Å². The lowest BCUT2D eigenvalue weighted by atomic mass is 9.66. The zero-order valence-corrected chi connectivity index (χ0v) is 15.6. The Hall–Kier alpha value is -1.91. The summed E-state index contributed by atoms with van der Waals surface area (Å²) in [7, 11) is 0. The van der Waals surface area contributed by atoms with Gasteiger partial charge in [0.25, 0.3) is 0 Å². The van der Waals surface area contributed by atoms with Crippen LogP contribution >= 0.6 is 0 Å². The van der Waals surface area contributed by atoms with Crippen molar-refractivity contribution >= 4 is 16.7 Å². The Balaban J connectivity index is 1.55. The molecule has 0 spiro atoms. The molecule has 0 radical (unpaired) electrons. The molecule has 2 aromatic rings. The van der Waals surface area contributed by atoms with Crippen LogP contribution in [0.25, 0.3) is 10.8 Å². The van der Waals surface area contributed by atoms with E-state index in [0.717, 1.165) is 38.6 Å². The lowest BCUT2D eigenvalue weighted by molar-refractivity contribution is -0.148. The Bertz CT molecular complexity index is 749. The molecular formula is C22H30N2O2. The van der Waals surface area contributed by atoms with E-state index in [-0.39, 0.29) is 5.92 Å². The van der Waals surface area contributed by atoms with Gasteiger partial charge in [-0.2, -0.15) is 0 Å². The van der Waals surface area contributed by atoms with Gasteiger partial charge in [-0.25, -0.2) is 0 Å². The summed E-state index contributed by atoms with van der Waals surface area (Å²) in [5, 5.41) is 15.7. The number of rotatable bonds is 9. The summed E-state index contributed by atoms with van der Waals surface area (Å²) in [6, 6.07) is 15.1. The highest BCUT2D eigenvalue weighted by molar-refractivity contribution is 5.85. The van der Waals surface area contributed by atoms with Crippen LogP contribution in [0.4, 0.5) is 0 Å². The number of carbonyl (C=O) groups is 1. The minimum absolute atomic E-state index is 0.0712. The van der Waals surface area contributed by atoms with Crippen LogP contribution in [-0.2, 0) is 11.3 Å². The second-order valence-corrected chi connectivity index (χ2v) is 7.69. The van der Waals surface area contributed by atoms with Gasteiger partial charge in [0.1, 0.15) is 5.54 Å². The third kappa shape index (κ3) is 3.92. The van der Waals surface area contributed by atoms with Crippen molar-refractivity contribution in [3.8, 4) is 0 Å². The van der Waals surface area contributed by atoms with Crippen molar-refractivity contribution in [1.29, 1.82) is 0 Å². The summed E-state index contributed by atoms with van der Waals surface area (Å²) in [5.74, 6) is -0.770. The number of hydrogen-bond acceptors (Lipinski definition) is 3. The predicted octanol–water partition coefficient (Wildman–Crippen LogP) is 4.07. The molecule has 1 atom stereocenters. The quantitative estimate of drug-likeness (QED) is 0.593. The largest absolute Gasteiger partial charge is 0.480 e. The summed E-state index contributed by atoms with van der Waals surface area (Å²) < 4.78 is 0. The SMILES string of the molecule is CCCCCC(N)(C(=O)O)C1CC(NCc2cccc3ccccc23)C1. The fourth-order valence-electron chi connectivity index (χ4n) is 4.06. The molecule has 3 rings (SSSR count). The highest BCUT2D eigenvalue weighted by Crippen LogP contribution is 2.38. The van der Waals surface area contributed by atoms with Crippen molar-refractivity contribution in [3.63, 3.8) is 0 Å². The zero-order valence-electron chi connectivity index (χ0n) is 15.6. The number of benzene rings is 2. The molecule has 0 aromatic heterocycles. The highest BCUT2D eigenvalue weighted by atomic mass is 16.4. The summed E-state index contributed by atoms with van der Waals surface area (Å²) in [5.41, 5.74) is 6.52. The van der Waals surface area contributed by atoms with E-state index in [1.807, 2.05) is 0 Å². The van der Waals surface area contributed by atoms with Crippen molar-refractivity contribution in [2.45, 2.75) is 63.6 Å². The van der Waals surface area contributed by atoms with Crippen LogP contribution in [-0.4, -0.2) is 22.7 Å². The highest BCUT2D eigenvalue weighted by Gasteiger charge is 2.47. The average Bonchev–Trinajstić information content (AvgIpc) is 2.60. The topological polar surface area (TPSA) is 75.4 Å². The van der Waals surface area contributed by atoms with Crippen LogP contribution in [0.3, 0.4) is 0 Å². The van der Waals surface area contributed by atoms with Gasteiger partial charge in [0.05, 0.1) is 0 Å². The molecule has 1 unspecified atom stereocenters. The molecule has 4 N–H and O–H groups in total. The maximum Gasteiger partial charge on any atom is 0.323 e. The van der Waals surface area contributed by atoms with E-state index in [9.17, 15) is 9.90 Å². The van der Waals surface area contributed by atoms with Crippen LogP contribution in [0.2, 0.25) is 0 Å². The lowest BCUT2D eigenvalue weighted by Gasteiger charge is -2.45. The van der Waals surface area contributed by atoms with Gasteiger partial charge in [-0.05, 0) is 41.5 Å². The third-order valence-electron chi connectivity index (χ3n) is 5.92. The summed E-state index contributed by atoms with van der Waals surface area (Å²) in [4.78, 5) is 11.7. The first-order valence-corrected chi connectivity index (χ1v) is 9.77. The molecule has 26 heavy (non-hydrogen) atoms. The first-order valence-electron chi connectivity index (χ1n) is 9.77. The lowest BCUT2D eigenvalue weighted by Crippen LogP contribution is -2.61. The van der Waals surface area contributed by atoms with Gasteiger partial charge in [0, 0.05) is 12.6 Å². The molecular weight excluding hydrogens is 324 g/mol. The first-order chi connectivity index (χ1) is 12.5. The number of fused-ring (bicyclic) bond motifs is 1. The maximum absolute atomic E-state index is 11.7. The maximum atomic E-state index is 11.7. The monoisotopic (exact) mass is 354 g/mol. The standard InChI is InChI=1S/C22H30N2O2/c1-2-3-6-12-22(23,21(25)26)18-13-19(14-18)24-15-17-10-7-9-16-8-4-5-11-20(16)17/h4-5,7-11,18-19,24H,2-3,6,12-15,23H2,1H3,(H,25,26). The Morgan fingerprint density at radius 2 is 1.92 bits per heavy atom. The third-order valence-corrected chi connectivity index (χ3v) is 5.92. The zero-order chi connectivity index (χ0) is 18.6. The molecule has 140 valence electrons. The number of aliphatic carboxylic acids is 1. The van der Waals surface area contributed by atoms with Crippen LogP contribution < -0.4 is 11.1 Å². The number of carboxylic acid groups (broad SMARTS) is 1. The normalized spacial score (nSPS) is 21.9. The van der Waals surface area contributed by atoms with Crippen molar-refractivity contribution in [1.82, 2.24) is 5.32 Å². The minimum atomic E-state index is -1.06. The smallest absolute Gasteiger partial charge is 0.323 e. The van der Waals surface area contributed by atoms with Crippen LogP contribution in [0, 0.1) is 5.92 Å². The van der Waals surface area contributed by atoms with Gasteiger partial charge in [-0.3, -0.25) is 4.79 Å². The van der Waals surface area contributed by atoms with Gasteiger partial charge >= 0.3 is 5.97 Å².